The van der Waals surface area contributed by atoms with Gasteiger partial charge in [-0.1, -0.05) is 0 Å². The quantitative estimate of drug-likeness (QED) is 0.819. The minimum Gasteiger partial charge on any atom is -0.444 e. The van der Waals surface area contributed by atoms with Gasteiger partial charge in [-0.2, -0.15) is 0 Å². The van der Waals surface area contributed by atoms with Crippen LogP contribution >= 0.6 is 27.3 Å². The molecule has 21 heavy (non-hydrogen) atoms. The topological polar surface area (TPSA) is 89.5 Å². The van der Waals surface area contributed by atoms with Gasteiger partial charge in [0, 0.05) is 12.5 Å². The van der Waals surface area contributed by atoms with Crippen molar-refractivity contribution in [3.8, 4) is 0 Å². The number of nitrogens with one attached hydrogen (secondary N) is 2. The number of thiazole rings is 1. The molecule has 2 amide bonds. The number of carbonyl (C=O) groups excluding carboxylic acids is 2. The molecule has 118 valence electrons. The molecular weight excluding hydrogens is 362 g/mol. The van der Waals surface area contributed by atoms with Gasteiger partial charge >= 0.3 is 6.09 Å². The molecule has 0 spiro atoms. The van der Waals surface area contributed by atoms with Crippen LogP contribution in [0.4, 0.5) is 9.93 Å². The molecule has 0 aliphatic rings. The molecular formula is C12H18BrN3O4S. The molecule has 0 aromatic carbocycles. The van der Waals surface area contributed by atoms with E-state index in [1.54, 1.807) is 26.2 Å². The minimum atomic E-state index is -0.868. The first kappa shape index (κ1) is 17.9. The van der Waals surface area contributed by atoms with Gasteiger partial charge in [-0.05, 0) is 36.7 Å². The molecule has 2 N–H and O–H groups in total. The fraction of sp³-hybridized carbons (Fsp3) is 0.583. The SMILES string of the molecule is COCC(NC(=O)OC(C)(C)C)C(=O)Nc1nc(Br)cs1. The highest BCUT2D eigenvalue weighted by Crippen LogP contribution is 2.19. The number of rotatable bonds is 5. The lowest BCUT2D eigenvalue weighted by atomic mass is 10.2. The van der Waals surface area contributed by atoms with Crippen LogP contribution in [-0.2, 0) is 14.3 Å². The number of amides is 2. The Morgan fingerprint density at radius 1 is 1.48 bits per heavy atom. The van der Waals surface area contributed by atoms with Crippen LogP contribution in [-0.4, -0.2) is 42.3 Å². The highest BCUT2D eigenvalue weighted by molar-refractivity contribution is 9.10. The van der Waals surface area contributed by atoms with E-state index < -0.39 is 23.6 Å². The van der Waals surface area contributed by atoms with Crippen LogP contribution in [0.3, 0.4) is 0 Å². The summed E-state index contributed by atoms with van der Waals surface area (Å²) in [6.45, 7) is 5.25. The number of carbonyl (C=O) groups is 2. The van der Waals surface area contributed by atoms with Gasteiger partial charge in [0.25, 0.3) is 5.91 Å². The van der Waals surface area contributed by atoms with E-state index in [0.717, 1.165) is 0 Å². The van der Waals surface area contributed by atoms with E-state index in [4.69, 9.17) is 9.47 Å². The van der Waals surface area contributed by atoms with Crippen LogP contribution in [0.5, 0.6) is 0 Å². The number of anilines is 1. The molecule has 0 bridgehead atoms. The van der Waals surface area contributed by atoms with Crippen molar-refractivity contribution in [2.45, 2.75) is 32.4 Å². The predicted molar refractivity (Wildman–Crippen MR) is 83.5 cm³/mol. The Morgan fingerprint density at radius 3 is 2.62 bits per heavy atom. The van der Waals surface area contributed by atoms with E-state index in [2.05, 4.69) is 31.5 Å². The zero-order valence-electron chi connectivity index (χ0n) is 12.2. The Hall–Kier alpha value is -1.19. The van der Waals surface area contributed by atoms with E-state index in [1.165, 1.54) is 18.4 Å². The normalized spacial score (nSPS) is 12.6. The monoisotopic (exact) mass is 379 g/mol. The first-order valence-electron chi connectivity index (χ1n) is 6.11. The molecule has 0 aliphatic heterocycles. The molecule has 1 aromatic rings. The fourth-order valence-corrected chi connectivity index (χ4v) is 2.45. The second-order valence-electron chi connectivity index (χ2n) is 5.12. The number of nitrogens with zero attached hydrogens (tertiary/aromatic N) is 1. The van der Waals surface area contributed by atoms with E-state index >= 15 is 0 Å². The third kappa shape index (κ3) is 6.87. The van der Waals surface area contributed by atoms with Gasteiger partial charge in [0.15, 0.2) is 5.13 Å². The van der Waals surface area contributed by atoms with Crippen molar-refractivity contribution in [3.63, 3.8) is 0 Å². The van der Waals surface area contributed by atoms with Gasteiger partial charge in [0.2, 0.25) is 0 Å². The molecule has 1 rings (SSSR count). The summed E-state index contributed by atoms with van der Waals surface area (Å²) >= 11 is 4.46. The summed E-state index contributed by atoms with van der Waals surface area (Å²) in [6, 6.07) is -0.868. The lowest BCUT2D eigenvalue weighted by Gasteiger charge is -2.22. The van der Waals surface area contributed by atoms with Crippen molar-refractivity contribution < 1.29 is 19.1 Å². The number of hydrogen-bond donors (Lipinski definition) is 2. The predicted octanol–water partition coefficient (Wildman–Crippen LogP) is 2.38. The number of aromatic nitrogens is 1. The lowest BCUT2D eigenvalue weighted by molar-refractivity contribution is -0.119. The first-order chi connectivity index (χ1) is 9.71. The molecule has 1 unspecified atom stereocenters. The van der Waals surface area contributed by atoms with Crippen LogP contribution < -0.4 is 10.6 Å². The summed E-state index contributed by atoms with van der Waals surface area (Å²) in [6.07, 6.45) is -0.681. The van der Waals surface area contributed by atoms with Crippen molar-refractivity contribution in [2.75, 3.05) is 19.0 Å². The number of hydrogen-bond acceptors (Lipinski definition) is 6. The minimum absolute atomic E-state index is 0.0254. The van der Waals surface area contributed by atoms with Crippen LogP contribution in [0.25, 0.3) is 0 Å². The zero-order valence-corrected chi connectivity index (χ0v) is 14.6. The highest BCUT2D eigenvalue weighted by Gasteiger charge is 2.25. The number of halogens is 1. The number of ether oxygens (including phenoxy) is 2. The van der Waals surface area contributed by atoms with Crippen molar-refractivity contribution in [2.24, 2.45) is 0 Å². The Balaban J connectivity index is 2.63. The smallest absolute Gasteiger partial charge is 0.408 e. The highest BCUT2D eigenvalue weighted by atomic mass is 79.9. The van der Waals surface area contributed by atoms with Crippen LogP contribution in [0, 0.1) is 0 Å². The third-order valence-electron chi connectivity index (χ3n) is 2.05. The second-order valence-corrected chi connectivity index (χ2v) is 6.79. The summed E-state index contributed by atoms with van der Waals surface area (Å²) in [5, 5.41) is 7.24. The Kier molecular flexibility index (Phi) is 6.56. The Morgan fingerprint density at radius 2 is 2.14 bits per heavy atom. The van der Waals surface area contributed by atoms with Crippen LogP contribution in [0.2, 0.25) is 0 Å². The molecule has 0 saturated carbocycles. The average Bonchev–Trinajstić information content (AvgIpc) is 2.71. The van der Waals surface area contributed by atoms with Gasteiger partial charge in [0.1, 0.15) is 16.2 Å². The average molecular weight is 380 g/mol. The third-order valence-corrected chi connectivity index (χ3v) is 3.51. The lowest BCUT2D eigenvalue weighted by Crippen LogP contribution is -2.48. The van der Waals surface area contributed by atoms with Gasteiger partial charge < -0.3 is 20.1 Å². The van der Waals surface area contributed by atoms with Gasteiger partial charge in [0.05, 0.1) is 6.61 Å². The molecule has 1 heterocycles. The summed E-state index contributed by atoms with van der Waals surface area (Å²) in [7, 11) is 1.44. The van der Waals surface area contributed by atoms with Gasteiger partial charge in [-0.25, -0.2) is 9.78 Å². The Bertz CT molecular complexity index is 501. The fourth-order valence-electron chi connectivity index (χ4n) is 1.30. The second kappa shape index (κ2) is 7.71. The Labute approximate surface area is 135 Å². The maximum Gasteiger partial charge on any atom is 0.408 e. The molecule has 0 radical (unpaired) electrons. The molecule has 0 aliphatic carbocycles. The van der Waals surface area contributed by atoms with Gasteiger partial charge in [-0.3, -0.25) is 4.79 Å². The van der Waals surface area contributed by atoms with Crippen molar-refractivity contribution >= 4 is 44.4 Å². The maximum absolute atomic E-state index is 12.1. The number of methoxy groups -OCH3 is 1. The van der Waals surface area contributed by atoms with Crippen molar-refractivity contribution in [1.29, 1.82) is 0 Å². The van der Waals surface area contributed by atoms with Crippen molar-refractivity contribution in [1.82, 2.24) is 10.3 Å². The molecule has 1 atom stereocenters. The molecule has 9 heteroatoms. The summed E-state index contributed by atoms with van der Waals surface area (Å²) in [5.41, 5.74) is -0.641. The summed E-state index contributed by atoms with van der Waals surface area (Å²) in [5.74, 6) is -0.426. The molecule has 0 fully saturated rings. The standard InChI is InChI=1S/C12H18BrN3O4S/c1-12(2,3)20-11(18)14-7(5-19-4)9(17)16-10-15-8(13)6-21-10/h6-7H,5H2,1-4H3,(H,14,18)(H,15,16,17). The summed E-state index contributed by atoms with van der Waals surface area (Å²) < 4.78 is 10.7. The van der Waals surface area contributed by atoms with E-state index in [9.17, 15) is 9.59 Å². The first-order valence-corrected chi connectivity index (χ1v) is 7.79. The molecule has 1 aromatic heterocycles. The van der Waals surface area contributed by atoms with E-state index in [-0.39, 0.29) is 6.61 Å². The summed E-state index contributed by atoms with van der Waals surface area (Å²) in [4.78, 5) is 27.9. The maximum atomic E-state index is 12.1. The van der Waals surface area contributed by atoms with Gasteiger partial charge in [-0.15, -0.1) is 11.3 Å². The zero-order chi connectivity index (χ0) is 16.0. The van der Waals surface area contributed by atoms with E-state index in [1.807, 2.05) is 0 Å². The van der Waals surface area contributed by atoms with Crippen LogP contribution in [0.15, 0.2) is 9.98 Å². The van der Waals surface area contributed by atoms with Crippen LogP contribution in [0.1, 0.15) is 20.8 Å². The number of alkyl carbamates (subject to hydrolysis) is 1. The van der Waals surface area contributed by atoms with Crippen molar-refractivity contribution in [3.05, 3.63) is 9.98 Å². The largest absolute Gasteiger partial charge is 0.444 e. The molecule has 7 nitrogen and oxygen atoms in total. The molecule has 0 saturated heterocycles. The van der Waals surface area contributed by atoms with E-state index in [0.29, 0.717) is 9.73 Å².